The van der Waals surface area contributed by atoms with Crippen molar-refractivity contribution in [3.05, 3.63) is 29.6 Å². The van der Waals surface area contributed by atoms with Gasteiger partial charge in [0.05, 0.1) is 0 Å². The summed E-state index contributed by atoms with van der Waals surface area (Å²) in [4.78, 5) is 2.36. The van der Waals surface area contributed by atoms with Crippen LogP contribution in [0.2, 0.25) is 0 Å². The van der Waals surface area contributed by atoms with Crippen LogP contribution in [-0.4, -0.2) is 30.1 Å². The maximum Gasteiger partial charge on any atom is 0.129 e. The number of rotatable bonds is 4. The zero-order chi connectivity index (χ0) is 13.8. The van der Waals surface area contributed by atoms with Crippen LogP contribution in [0.1, 0.15) is 26.3 Å². The van der Waals surface area contributed by atoms with Gasteiger partial charge < -0.3 is 10.2 Å². The molecule has 1 heterocycles. The van der Waals surface area contributed by atoms with Gasteiger partial charge in [-0.2, -0.15) is 11.8 Å². The molecule has 2 unspecified atom stereocenters. The predicted molar refractivity (Wildman–Crippen MR) is 82.5 cm³/mol. The molecule has 19 heavy (non-hydrogen) atoms. The smallest absolute Gasteiger partial charge is 0.129 e. The largest absolute Gasteiger partial charge is 0.367 e. The van der Waals surface area contributed by atoms with Crippen LogP contribution in [0.3, 0.4) is 0 Å². The van der Waals surface area contributed by atoms with Gasteiger partial charge in [-0.3, -0.25) is 0 Å². The van der Waals surface area contributed by atoms with Crippen LogP contribution in [0.5, 0.6) is 0 Å². The summed E-state index contributed by atoms with van der Waals surface area (Å²) in [5, 5.41) is 3.83. The second-order valence-electron chi connectivity index (χ2n) is 5.03. The molecule has 106 valence electrons. The van der Waals surface area contributed by atoms with E-state index in [1.165, 1.54) is 0 Å². The molecule has 1 aromatic carbocycles. The van der Waals surface area contributed by atoms with E-state index >= 15 is 0 Å². The monoisotopic (exact) mass is 282 g/mol. The molecule has 0 radical (unpaired) electrons. The molecule has 1 N–H and O–H groups in total. The van der Waals surface area contributed by atoms with Gasteiger partial charge in [-0.15, -0.1) is 0 Å². The Labute approximate surface area is 119 Å². The van der Waals surface area contributed by atoms with E-state index in [-0.39, 0.29) is 5.82 Å². The molecule has 2 rings (SSSR count). The number of nitrogens with one attached hydrogen (secondary N) is 1. The molecule has 1 aliphatic heterocycles. The SMILES string of the molecule is CCNCc1c(F)cccc1N1CCSC(C)C1C. The highest BCUT2D eigenvalue weighted by Crippen LogP contribution is 2.32. The van der Waals surface area contributed by atoms with Crippen molar-refractivity contribution in [2.24, 2.45) is 0 Å². The fraction of sp³-hybridized carbons (Fsp3) is 0.600. The van der Waals surface area contributed by atoms with Crippen molar-refractivity contribution in [3.8, 4) is 0 Å². The van der Waals surface area contributed by atoms with Crippen LogP contribution in [-0.2, 0) is 6.54 Å². The predicted octanol–water partition coefficient (Wildman–Crippen LogP) is 3.27. The summed E-state index contributed by atoms with van der Waals surface area (Å²) in [6, 6.07) is 5.87. The molecule has 0 spiro atoms. The Balaban J connectivity index is 2.29. The summed E-state index contributed by atoms with van der Waals surface area (Å²) in [7, 11) is 0. The molecular formula is C15H23FN2S. The van der Waals surface area contributed by atoms with Gasteiger partial charge in [0.2, 0.25) is 0 Å². The lowest BCUT2D eigenvalue weighted by Gasteiger charge is -2.40. The van der Waals surface area contributed by atoms with Crippen molar-refractivity contribution in [3.63, 3.8) is 0 Å². The standard InChI is InChI=1S/C15H23FN2S/c1-4-17-10-13-14(16)6-5-7-15(13)18-8-9-19-12(3)11(18)2/h5-7,11-12,17H,4,8-10H2,1-3H3. The number of halogens is 1. The first kappa shape index (κ1) is 14.7. The van der Waals surface area contributed by atoms with Crippen molar-refractivity contribution in [2.75, 3.05) is 23.7 Å². The van der Waals surface area contributed by atoms with Crippen molar-refractivity contribution < 1.29 is 4.39 Å². The van der Waals surface area contributed by atoms with E-state index in [0.717, 1.165) is 30.1 Å². The fourth-order valence-electron chi connectivity index (χ4n) is 2.51. The number of hydrogen-bond acceptors (Lipinski definition) is 3. The lowest BCUT2D eigenvalue weighted by molar-refractivity contribution is 0.580. The molecule has 1 fully saturated rings. The van der Waals surface area contributed by atoms with E-state index in [1.54, 1.807) is 6.07 Å². The zero-order valence-corrected chi connectivity index (χ0v) is 12.8. The maximum absolute atomic E-state index is 14.1. The zero-order valence-electron chi connectivity index (χ0n) is 11.9. The highest BCUT2D eigenvalue weighted by Gasteiger charge is 2.27. The van der Waals surface area contributed by atoms with Gasteiger partial charge in [0.1, 0.15) is 5.82 Å². The van der Waals surface area contributed by atoms with Crippen LogP contribution in [0.15, 0.2) is 18.2 Å². The minimum absolute atomic E-state index is 0.100. The molecule has 1 aromatic rings. The van der Waals surface area contributed by atoms with Gasteiger partial charge in [-0.1, -0.05) is 19.9 Å². The van der Waals surface area contributed by atoms with Crippen LogP contribution >= 0.6 is 11.8 Å². The Morgan fingerprint density at radius 2 is 2.21 bits per heavy atom. The molecule has 0 amide bonds. The molecule has 0 saturated carbocycles. The summed E-state index contributed by atoms with van der Waals surface area (Å²) in [5.41, 5.74) is 1.86. The molecule has 0 aliphatic carbocycles. The average molecular weight is 282 g/mol. The molecule has 1 aliphatic rings. The van der Waals surface area contributed by atoms with E-state index in [1.807, 2.05) is 24.8 Å². The molecular weight excluding hydrogens is 259 g/mol. The van der Waals surface area contributed by atoms with E-state index in [4.69, 9.17) is 0 Å². The number of hydrogen-bond donors (Lipinski definition) is 1. The third-order valence-corrected chi connectivity index (χ3v) is 5.18. The van der Waals surface area contributed by atoms with E-state index in [0.29, 0.717) is 17.8 Å². The minimum atomic E-state index is -0.100. The minimum Gasteiger partial charge on any atom is -0.367 e. The van der Waals surface area contributed by atoms with Crippen LogP contribution < -0.4 is 10.2 Å². The third kappa shape index (κ3) is 3.23. The molecule has 2 atom stereocenters. The van der Waals surface area contributed by atoms with Gasteiger partial charge in [-0.05, 0) is 25.6 Å². The quantitative estimate of drug-likeness (QED) is 0.912. The van der Waals surface area contributed by atoms with Crippen LogP contribution in [0, 0.1) is 5.82 Å². The molecule has 2 nitrogen and oxygen atoms in total. The van der Waals surface area contributed by atoms with Gasteiger partial charge in [-0.25, -0.2) is 4.39 Å². The van der Waals surface area contributed by atoms with E-state index < -0.39 is 0 Å². The van der Waals surface area contributed by atoms with Gasteiger partial charge in [0.25, 0.3) is 0 Å². The summed E-state index contributed by atoms with van der Waals surface area (Å²) in [6.07, 6.45) is 0. The number of benzene rings is 1. The van der Waals surface area contributed by atoms with Crippen molar-refractivity contribution in [1.82, 2.24) is 5.32 Å². The van der Waals surface area contributed by atoms with Gasteiger partial charge in [0.15, 0.2) is 0 Å². The number of anilines is 1. The van der Waals surface area contributed by atoms with Gasteiger partial charge in [0, 0.05) is 41.4 Å². The second-order valence-corrected chi connectivity index (χ2v) is 6.51. The van der Waals surface area contributed by atoms with E-state index in [9.17, 15) is 4.39 Å². The van der Waals surface area contributed by atoms with Crippen molar-refractivity contribution >= 4 is 17.4 Å². The lowest BCUT2D eigenvalue weighted by Crippen LogP contribution is -2.45. The Kier molecular flexibility index (Phi) is 5.11. The third-order valence-electron chi connectivity index (χ3n) is 3.84. The van der Waals surface area contributed by atoms with Crippen LogP contribution in [0.25, 0.3) is 0 Å². The molecule has 4 heteroatoms. The average Bonchev–Trinajstić information content (AvgIpc) is 2.40. The summed E-state index contributed by atoms with van der Waals surface area (Å²) >= 11 is 2.00. The lowest BCUT2D eigenvalue weighted by atomic mass is 10.1. The topological polar surface area (TPSA) is 15.3 Å². The first-order valence-corrected chi connectivity index (χ1v) is 8.06. The molecule has 0 aromatic heterocycles. The summed E-state index contributed by atoms with van der Waals surface area (Å²) < 4.78 is 14.1. The van der Waals surface area contributed by atoms with Gasteiger partial charge >= 0.3 is 0 Å². The van der Waals surface area contributed by atoms with Crippen molar-refractivity contribution in [2.45, 2.75) is 38.6 Å². The Hall–Kier alpha value is -0.740. The maximum atomic E-state index is 14.1. The second kappa shape index (κ2) is 6.62. The van der Waals surface area contributed by atoms with Crippen LogP contribution in [0.4, 0.5) is 10.1 Å². The number of nitrogens with zero attached hydrogens (tertiary/aromatic N) is 1. The number of thioether (sulfide) groups is 1. The Morgan fingerprint density at radius 1 is 1.42 bits per heavy atom. The highest BCUT2D eigenvalue weighted by molar-refractivity contribution is 8.00. The highest BCUT2D eigenvalue weighted by atomic mass is 32.2. The fourth-order valence-corrected chi connectivity index (χ4v) is 3.61. The normalized spacial score (nSPS) is 23.7. The first-order valence-electron chi connectivity index (χ1n) is 7.01. The Bertz CT molecular complexity index is 425. The summed E-state index contributed by atoms with van der Waals surface area (Å²) in [6.45, 7) is 8.99. The molecule has 0 bridgehead atoms. The first-order chi connectivity index (χ1) is 9.15. The Morgan fingerprint density at radius 3 is 2.95 bits per heavy atom. The van der Waals surface area contributed by atoms with Crippen molar-refractivity contribution in [1.29, 1.82) is 0 Å². The molecule has 1 saturated heterocycles. The van der Waals surface area contributed by atoms with E-state index in [2.05, 4.69) is 30.1 Å². The summed E-state index contributed by atoms with van der Waals surface area (Å²) in [5.74, 6) is 1.01.